The molecule has 3 atom stereocenters. The van der Waals surface area contributed by atoms with Crippen LogP contribution in [0.5, 0.6) is 0 Å². The maximum absolute atomic E-state index is 4.98. The van der Waals surface area contributed by atoms with Crippen molar-refractivity contribution in [2.75, 3.05) is 0 Å². The number of nitrogens with zero attached hydrogens (tertiary/aromatic N) is 1. The van der Waals surface area contributed by atoms with Crippen LogP contribution in [0.25, 0.3) is 0 Å². The van der Waals surface area contributed by atoms with Gasteiger partial charge in [0.05, 0.1) is 0 Å². The van der Waals surface area contributed by atoms with Crippen molar-refractivity contribution in [3.05, 3.63) is 72.0 Å². The Labute approximate surface area is 161 Å². The average molecular weight is 352 g/mol. The van der Waals surface area contributed by atoms with E-state index >= 15 is 0 Å². The lowest BCUT2D eigenvalue weighted by Crippen LogP contribution is -2.18. The van der Waals surface area contributed by atoms with Gasteiger partial charge in [-0.3, -0.25) is 4.99 Å². The summed E-state index contributed by atoms with van der Waals surface area (Å²) in [5.74, 6) is 1.23. The van der Waals surface area contributed by atoms with Crippen LogP contribution in [0.2, 0.25) is 0 Å². The van der Waals surface area contributed by atoms with Gasteiger partial charge in [-0.15, -0.1) is 6.58 Å². The Morgan fingerprint density at radius 2 is 1.92 bits per heavy atom. The van der Waals surface area contributed by atoms with E-state index < -0.39 is 0 Å². The van der Waals surface area contributed by atoms with E-state index in [1.807, 2.05) is 0 Å². The Hall–Kier alpha value is -1.89. The third kappa shape index (κ3) is 6.44. The van der Waals surface area contributed by atoms with Gasteiger partial charge in [-0.05, 0) is 69.9 Å². The molecule has 1 nitrogen and oxygen atoms in total. The lowest BCUT2D eigenvalue weighted by Gasteiger charge is -2.25. The van der Waals surface area contributed by atoms with Gasteiger partial charge < -0.3 is 0 Å². The van der Waals surface area contributed by atoms with Crippen molar-refractivity contribution < 1.29 is 0 Å². The van der Waals surface area contributed by atoms with Gasteiger partial charge in [0, 0.05) is 17.3 Å². The monoisotopic (exact) mass is 351 g/mol. The molecule has 142 valence electrons. The zero-order chi connectivity index (χ0) is 19.5. The summed E-state index contributed by atoms with van der Waals surface area (Å²) in [5, 5.41) is 0. The molecule has 1 aliphatic carbocycles. The van der Waals surface area contributed by atoms with Gasteiger partial charge in [0.1, 0.15) is 0 Å². The molecule has 1 rings (SSSR count). The molecule has 0 aromatic carbocycles. The fourth-order valence-electron chi connectivity index (χ4n) is 3.70. The second-order valence-electron chi connectivity index (χ2n) is 7.19. The predicted octanol–water partition coefficient (Wildman–Crippen LogP) is 7.61. The van der Waals surface area contributed by atoms with Crippen molar-refractivity contribution in [3.63, 3.8) is 0 Å². The lowest BCUT2D eigenvalue weighted by atomic mass is 9.81. The van der Waals surface area contributed by atoms with Crippen LogP contribution in [0.3, 0.4) is 0 Å². The average Bonchev–Trinajstić information content (AvgIpc) is 3.15. The van der Waals surface area contributed by atoms with Crippen LogP contribution in [-0.2, 0) is 0 Å². The van der Waals surface area contributed by atoms with Gasteiger partial charge in [0.15, 0.2) is 0 Å². The van der Waals surface area contributed by atoms with E-state index in [0.29, 0.717) is 17.8 Å². The van der Waals surface area contributed by atoms with Crippen molar-refractivity contribution in [3.8, 4) is 0 Å². The van der Waals surface area contributed by atoms with Crippen LogP contribution < -0.4 is 0 Å². The summed E-state index contributed by atoms with van der Waals surface area (Å²) in [6, 6.07) is 0. The minimum Gasteiger partial charge on any atom is -0.263 e. The summed E-state index contributed by atoms with van der Waals surface area (Å²) in [6.45, 7) is 17.1. The molecule has 0 saturated carbocycles. The molecule has 3 unspecified atom stereocenters. The van der Waals surface area contributed by atoms with Gasteiger partial charge in [0.2, 0.25) is 0 Å². The van der Waals surface area contributed by atoms with Crippen molar-refractivity contribution in [1.82, 2.24) is 0 Å². The summed E-state index contributed by atoms with van der Waals surface area (Å²) < 4.78 is 0. The molecular weight excluding hydrogens is 314 g/mol. The van der Waals surface area contributed by atoms with E-state index in [0.717, 1.165) is 19.3 Å². The summed E-state index contributed by atoms with van der Waals surface area (Å²) in [5.41, 5.74) is 5.28. The Bertz CT molecular complexity index is 637. The fraction of sp³-hybridized carbons (Fsp3) is 0.480. The van der Waals surface area contributed by atoms with E-state index in [9.17, 15) is 0 Å². The highest BCUT2D eigenvalue weighted by Crippen LogP contribution is 2.30. The molecule has 0 N–H and O–H groups in total. The smallest absolute Gasteiger partial charge is 0.0394 e. The Balaban J connectivity index is 2.78. The lowest BCUT2D eigenvalue weighted by molar-refractivity contribution is 0.399. The minimum atomic E-state index is 0.363. The van der Waals surface area contributed by atoms with Crippen LogP contribution in [-0.4, -0.2) is 5.71 Å². The van der Waals surface area contributed by atoms with E-state index in [4.69, 9.17) is 4.99 Å². The number of allylic oxidation sites excluding steroid dienone is 11. The molecular formula is C25H37N. The first-order valence-electron chi connectivity index (χ1n) is 9.95. The highest BCUT2D eigenvalue weighted by Gasteiger charge is 2.22. The first kappa shape index (κ1) is 22.2. The van der Waals surface area contributed by atoms with E-state index in [-0.39, 0.29) is 0 Å². The summed E-state index contributed by atoms with van der Waals surface area (Å²) >= 11 is 0. The number of hydrogen-bond donors (Lipinski definition) is 0. The summed E-state index contributed by atoms with van der Waals surface area (Å²) in [7, 11) is 0. The largest absolute Gasteiger partial charge is 0.263 e. The zero-order valence-corrected chi connectivity index (χ0v) is 17.6. The van der Waals surface area contributed by atoms with Crippen LogP contribution in [0, 0.1) is 17.8 Å². The molecule has 0 aromatic rings. The summed E-state index contributed by atoms with van der Waals surface area (Å²) in [4.78, 5) is 4.98. The first-order valence-corrected chi connectivity index (χ1v) is 9.95. The van der Waals surface area contributed by atoms with Gasteiger partial charge in [0.25, 0.3) is 0 Å². The molecule has 0 fully saturated rings. The molecule has 0 saturated heterocycles. The predicted molar refractivity (Wildman–Crippen MR) is 119 cm³/mol. The Morgan fingerprint density at radius 1 is 1.19 bits per heavy atom. The van der Waals surface area contributed by atoms with Crippen molar-refractivity contribution in [1.29, 1.82) is 0 Å². The van der Waals surface area contributed by atoms with Crippen molar-refractivity contribution in [2.24, 2.45) is 22.7 Å². The van der Waals surface area contributed by atoms with Crippen molar-refractivity contribution in [2.45, 2.75) is 60.8 Å². The second kappa shape index (κ2) is 11.7. The Kier molecular flexibility index (Phi) is 9.95. The molecule has 0 aromatic heterocycles. The molecule has 0 radical (unpaired) electrons. The molecule has 0 bridgehead atoms. The normalized spacial score (nSPS) is 19.6. The number of aliphatic imine (C=N–C) groups is 1. The SMILES string of the molecule is C=CC(C(C)/C=C\C)C(C)C(=C/C)/N=C(\C)CC/C(=C\C)C1=CC=CC1. The third-order valence-electron chi connectivity index (χ3n) is 5.32. The molecule has 26 heavy (non-hydrogen) atoms. The van der Waals surface area contributed by atoms with E-state index in [1.165, 1.54) is 22.6 Å². The van der Waals surface area contributed by atoms with Crippen molar-refractivity contribution >= 4 is 5.71 Å². The van der Waals surface area contributed by atoms with Crippen LogP contribution in [0.4, 0.5) is 0 Å². The molecule has 0 amide bonds. The molecule has 1 heteroatoms. The van der Waals surface area contributed by atoms with Crippen LogP contribution >= 0.6 is 0 Å². The first-order chi connectivity index (χ1) is 12.5. The number of rotatable bonds is 10. The molecule has 1 aliphatic rings. The maximum atomic E-state index is 4.98. The topological polar surface area (TPSA) is 12.4 Å². The van der Waals surface area contributed by atoms with Gasteiger partial charge in [-0.25, -0.2) is 0 Å². The van der Waals surface area contributed by atoms with E-state index in [2.05, 4.69) is 96.7 Å². The van der Waals surface area contributed by atoms with Gasteiger partial charge >= 0.3 is 0 Å². The third-order valence-corrected chi connectivity index (χ3v) is 5.32. The maximum Gasteiger partial charge on any atom is 0.0394 e. The molecule has 0 aliphatic heterocycles. The zero-order valence-electron chi connectivity index (χ0n) is 17.6. The van der Waals surface area contributed by atoms with Gasteiger partial charge in [-0.1, -0.05) is 62.5 Å². The quantitative estimate of drug-likeness (QED) is 0.283. The standard InChI is InChI=1S/C25H37N/c1-8-14-19(5)24(10-3)21(7)25(11-4)26-20(6)17-18-22(9-2)23-15-12-13-16-23/h8-15,19,21,24H,3,16-18H2,1-2,4-7H3/b14-8-,22-9+,25-11-,26-20+. The summed E-state index contributed by atoms with van der Waals surface area (Å²) in [6.07, 6.45) is 20.6. The van der Waals surface area contributed by atoms with Crippen LogP contribution in [0.1, 0.15) is 60.8 Å². The highest BCUT2D eigenvalue weighted by molar-refractivity contribution is 5.83. The number of hydrogen-bond acceptors (Lipinski definition) is 1. The minimum absolute atomic E-state index is 0.363. The van der Waals surface area contributed by atoms with Gasteiger partial charge in [-0.2, -0.15) is 0 Å². The molecule has 0 spiro atoms. The molecule has 0 heterocycles. The van der Waals surface area contributed by atoms with E-state index in [1.54, 1.807) is 0 Å². The van der Waals surface area contributed by atoms with Crippen LogP contribution in [0.15, 0.2) is 77.0 Å². The highest BCUT2D eigenvalue weighted by atomic mass is 14.8. The Morgan fingerprint density at radius 3 is 2.42 bits per heavy atom. The fourth-order valence-corrected chi connectivity index (χ4v) is 3.70. The second-order valence-corrected chi connectivity index (χ2v) is 7.19.